The van der Waals surface area contributed by atoms with Crippen LogP contribution >= 0.6 is 15.9 Å². The van der Waals surface area contributed by atoms with Gasteiger partial charge in [0.15, 0.2) is 0 Å². The third-order valence-corrected chi connectivity index (χ3v) is 3.77. The van der Waals surface area contributed by atoms with E-state index in [0.29, 0.717) is 12.3 Å². The van der Waals surface area contributed by atoms with Crippen LogP contribution < -0.4 is 15.4 Å². The summed E-state index contributed by atoms with van der Waals surface area (Å²) in [7, 11) is 1.60. The van der Waals surface area contributed by atoms with E-state index in [1.54, 1.807) is 25.3 Å². The lowest BCUT2D eigenvalue weighted by Gasteiger charge is -2.17. The van der Waals surface area contributed by atoms with Crippen molar-refractivity contribution in [2.24, 2.45) is 0 Å². The second-order valence-electron chi connectivity index (χ2n) is 4.42. The molecular weight excluding hydrogens is 312 g/mol. The van der Waals surface area contributed by atoms with Crippen LogP contribution in [0.4, 0.5) is 10.5 Å². The monoisotopic (exact) mass is 328 g/mol. The van der Waals surface area contributed by atoms with E-state index in [-0.39, 0.29) is 18.2 Å². The molecule has 0 aliphatic carbocycles. The summed E-state index contributed by atoms with van der Waals surface area (Å²) in [6.45, 7) is 2.65. The van der Waals surface area contributed by atoms with Crippen molar-refractivity contribution >= 4 is 27.6 Å². The largest absolute Gasteiger partial charge is 0.497 e. The van der Waals surface area contributed by atoms with Crippen molar-refractivity contribution in [1.82, 2.24) is 5.32 Å². The third kappa shape index (κ3) is 3.61. The number of rotatable bonds is 3. The van der Waals surface area contributed by atoms with Crippen LogP contribution in [0.15, 0.2) is 22.7 Å². The summed E-state index contributed by atoms with van der Waals surface area (Å²) in [5.74, 6) is 0.732. The Labute approximate surface area is 120 Å². The van der Waals surface area contributed by atoms with E-state index in [1.165, 1.54) is 0 Å². The molecule has 5 nitrogen and oxygen atoms in total. The fourth-order valence-corrected chi connectivity index (χ4v) is 2.43. The Bertz CT molecular complexity index is 467. The molecule has 0 aromatic heterocycles. The highest BCUT2D eigenvalue weighted by atomic mass is 79.9. The summed E-state index contributed by atoms with van der Waals surface area (Å²) < 4.78 is 11.3. The summed E-state index contributed by atoms with van der Waals surface area (Å²) in [5.41, 5.74) is 0.699. The number of methoxy groups -OCH3 is 1. The molecule has 1 aliphatic rings. The molecule has 1 aromatic rings. The number of urea groups is 1. The number of carbonyl (C=O) groups is 1. The zero-order chi connectivity index (χ0) is 13.8. The Morgan fingerprint density at radius 2 is 2.32 bits per heavy atom. The number of hydrogen-bond acceptors (Lipinski definition) is 3. The van der Waals surface area contributed by atoms with Gasteiger partial charge in [-0.2, -0.15) is 0 Å². The van der Waals surface area contributed by atoms with Crippen molar-refractivity contribution in [3.05, 3.63) is 22.7 Å². The molecule has 1 heterocycles. The first kappa shape index (κ1) is 14.1. The summed E-state index contributed by atoms with van der Waals surface area (Å²) in [6.07, 6.45) is 0.906. The number of anilines is 1. The Hall–Kier alpha value is -1.27. The minimum absolute atomic E-state index is 0.0602. The van der Waals surface area contributed by atoms with Crippen LogP contribution in [0.3, 0.4) is 0 Å². The number of nitrogens with one attached hydrogen (secondary N) is 2. The molecule has 104 valence electrons. The summed E-state index contributed by atoms with van der Waals surface area (Å²) >= 11 is 3.39. The van der Waals surface area contributed by atoms with Crippen molar-refractivity contribution in [2.75, 3.05) is 19.0 Å². The van der Waals surface area contributed by atoms with Crippen molar-refractivity contribution in [1.29, 1.82) is 0 Å². The molecule has 1 fully saturated rings. The van der Waals surface area contributed by atoms with Gasteiger partial charge in [-0.15, -0.1) is 0 Å². The van der Waals surface area contributed by atoms with Crippen molar-refractivity contribution in [3.8, 4) is 5.75 Å². The Kier molecular flexibility index (Phi) is 4.66. The third-order valence-electron chi connectivity index (χ3n) is 3.12. The minimum atomic E-state index is -0.229. The molecule has 0 bridgehead atoms. The van der Waals surface area contributed by atoms with Crippen molar-refractivity contribution in [2.45, 2.75) is 25.5 Å². The first-order valence-electron chi connectivity index (χ1n) is 6.13. The quantitative estimate of drug-likeness (QED) is 0.896. The SMILES string of the molecule is COc1ccc(NC(=O)NC2CCOC2C)c(Br)c1. The van der Waals surface area contributed by atoms with Crippen LogP contribution in [0.5, 0.6) is 5.75 Å². The molecule has 2 N–H and O–H groups in total. The molecule has 2 amide bonds. The second kappa shape index (κ2) is 6.25. The van der Waals surface area contributed by atoms with Crippen LogP contribution in [0.25, 0.3) is 0 Å². The lowest BCUT2D eigenvalue weighted by atomic mass is 10.2. The van der Waals surface area contributed by atoms with E-state index in [1.807, 2.05) is 6.92 Å². The van der Waals surface area contributed by atoms with E-state index in [2.05, 4.69) is 26.6 Å². The Balaban J connectivity index is 1.95. The molecule has 2 atom stereocenters. The molecule has 2 rings (SSSR count). The zero-order valence-electron chi connectivity index (χ0n) is 10.9. The lowest BCUT2D eigenvalue weighted by molar-refractivity contribution is 0.114. The molecular formula is C13H17BrN2O3. The van der Waals surface area contributed by atoms with Gasteiger partial charge in [-0.1, -0.05) is 0 Å². The summed E-state index contributed by atoms with van der Waals surface area (Å²) in [6, 6.07) is 5.22. The van der Waals surface area contributed by atoms with Crippen molar-refractivity contribution < 1.29 is 14.3 Å². The van der Waals surface area contributed by atoms with Crippen molar-refractivity contribution in [3.63, 3.8) is 0 Å². The minimum Gasteiger partial charge on any atom is -0.497 e. The predicted molar refractivity (Wildman–Crippen MR) is 76.7 cm³/mol. The number of carbonyl (C=O) groups excluding carboxylic acids is 1. The van der Waals surface area contributed by atoms with Crippen LogP contribution in [0.2, 0.25) is 0 Å². The molecule has 1 aliphatic heterocycles. The maximum Gasteiger partial charge on any atom is 0.319 e. The van der Waals surface area contributed by atoms with Gasteiger partial charge in [0.2, 0.25) is 0 Å². The lowest BCUT2D eigenvalue weighted by Crippen LogP contribution is -2.41. The molecule has 19 heavy (non-hydrogen) atoms. The number of halogens is 1. The van der Waals surface area contributed by atoms with Crippen LogP contribution in [-0.4, -0.2) is 31.9 Å². The standard InChI is InChI=1S/C13H17BrN2O3/c1-8-11(5-6-19-8)15-13(17)16-12-4-3-9(18-2)7-10(12)14/h3-4,7-8,11H,5-6H2,1-2H3,(H2,15,16,17). The highest BCUT2D eigenvalue weighted by molar-refractivity contribution is 9.10. The molecule has 1 aromatic carbocycles. The maximum absolute atomic E-state index is 11.9. The van der Waals surface area contributed by atoms with Gasteiger partial charge in [0.05, 0.1) is 24.9 Å². The second-order valence-corrected chi connectivity index (χ2v) is 5.27. The number of ether oxygens (including phenoxy) is 2. The van der Waals surface area contributed by atoms with Gasteiger partial charge < -0.3 is 20.1 Å². The number of amides is 2. The number of benzene rings is 1. The van der Waals surface area contributed by atoms with Gasteiger partial charge in [-0.3, -0.25) is 0 Å². The van der Waals surface area contributed by atoms with Crippen LogP contribution in [0.1, 0.15) is 13.3 Å². The highest BCUT2D eigenvalue weighted by Crippen LogP contribution is 2.27. The Morgan fingerprint density at radius 1 is 1.53 bits per heavy atom. The van der Waals surface area contributed by atoms with Crippen LogP contribution in [-0.2, 0) is 4.74 Å². The molecule has 0 spiro atoms. The number of hydrogen-bond donors (Lipinski definition) is 2. The van der Waals surface area contributed by atoms with Gasteiger partial charge in [-0.25, -0.2) is 4.79 Å². The average Bonchev–Trinajstić information content (AvgIpc) is 2.77. The molecule has 1 saturated heterocycles. The topological polar surface area (TPSA) is 59.6 Å². The molecule has 0 saturated carbocycles. The van der Waals surface area contributed by atoms with Gasteiger partial charge in [0, 0.05) is 11.1 Å². The summed E-state index contributed by atoms with van der Waals surface area (Å²) in [4.78, 5) is 11.9. The van der Waals surface area contributed by atoms with Gasteiger partial charge in [-0.05, 0) is 47.5 Å². The van der Waals surface area contributed by atoms with E-state index in [0.717, 1.165) is 16.6 Å². The van der Waals surface area contributed by atoms with E-state index in [4.69, 9.17) is 9.47 Å². The molecule has 0 radical (unpaired) electrons. The van der Waals surface area contributed by atoms with E-state index < -0.39 is 0 Å². The van der Waals surface area contributed by atoms with E-state index >= 15 is 0 Å². The van der Waals surface area contributed by atoms with E-state index in [9.17, 15) is 4.79 Å². The first-order chi connectivity index (χ1) is 9.10. The van der Waals surface area contributed by atoms with Gasteiger partial charge in [0.1, 0.15) is 5.75 Å². The average molecular weight is 329 g/mol. The highest BCUT2D eigenvalue weighted by Gasteiger charge is 2.25. The van der Waals surface area contributed by atoms with Gasteiger partial charge in [0.25, 0.3) is 0 Å². The summed E-state index contributed by atoms with van der Waals surface area (Å²) in [5, 5.41) is 5.71. The fourth-order valence-electron chi connectivity index (χ4n) is 1.97. The molecule has 6 heteroatoms. The zero-order valence-corrected chi connectivity index (χ0v) is 12.5. The predicted octanol–water partition coefficient (Wildman–Crippen LogP) is 2.76. The smallest absolute Gasteiger partial charge is 0.319 e. The normalized spacial score (nSPS) is 22.1. The van der Waals surface area contributed by atoms with Crippen LogP contribution in [0, 0.1) is 0 Å². The first-order valence-corrected chi connectivity index (χ1v) is 6.92. The fraction of sp³-hybridized carbons (Fsp3) is 0.462. The Morgan fingerprint density at radius 3 is 2.89 bits per heavy atom. The maximum atomic E-state index is 11.9. The van der Waals surface area contributed by atoms with Gasteiger partial charge >= 0.3 is 6.03 Å². The molecule has 2 unspecified atom stereocenters.